The molecule has 35 heavy (non-hydrogen) atoms. The molecular weight excluding hydrogens is 476 g/mol. The fourth-order valence-corrected chi connectivity index (χ4v) is 7.29. The third kappa shape index (κ3) is 4.32. The summed E-state index contributed by atoms with van der Waals surface area (Å²) in [5, 5.41) is 13.5. The highest BCUT2D eigenvalue weighted by molar-refractivity contribution is 7.70. The lowest BCUT2D eigenvalue weighted by atomic mass is 10.0. The number of alkyl halides is 3. The number of H-pyrrole nitrogens is 1. The van der Waals surface area contributed by atoms with Crippen molar-refractivity contribution in [1.29, 1.82) is 5.26 Å². The Bertz CT molecular complexity index is 1370. The number of aromatic amines is 1. The second kappa shape index (κ2) is 8.35. The number of nitrogens with one attached hydrogen (secondary N) is 2. The Labute approximate surface area is 200 Å². The van der Waals surface area contributed by atoms with Crippen molar-refractivity contribution >= 4 is 29.3 Å². The normalized spacial score (nSPS) is 24.5. The van der Waals surface area contributed by atoms with Gasteiger partial charge in [0.15, 0.2) is 0 Å². The van der Waals surface area contributed by atoms with Crippen molar-refractivity contribution in [3.8, 4) is 17.3 Å². The van der Waals surface area contributed by atoms with Gasteiger partial charge in [0, 0.05) is 35.4 Å². The third-order valence-electron chi connectivity index (χ3n) is 7.22. The minimum Gasteiger partial charge on any atom is -0.360 e. The van der Waals surface area contributed by atoms with Gasteiger partial charge in [0.25, 0.3) is 0 Å². The summed E-state index contributed by atoms with van der Waals surface area (Å²) in [4.78, 5) is 11.3. The first-order valence-electron chi connectivity index (χ1n) is 11.5. The molecule has 4 atom stereocenters. The molecule has 0 spiro atoms. The Balaban J connectivity index is 1.57. The van der Waals surface area contributed by atoms with E-state index < -0.39 is 18.9 Å². The molecule has 4 N–H and O–H groups in total. The Kier molecular flexibility index (Phi) is 5.69. The zero-order valence-electron chi connectivity index (χ0n) is 19.4. The van der Waals surface area contributed by atoms with Gasteiger partial charge in [0.2, 0.25) is 5.95 Å². The summed E-state index contributed by atoms with van der Waals surface area (Å²) in [6, 6.07) is 5.40. The van der Waals surface area contributed by atoms with Gasteiger partial charge in [0.1, 0.15) is 12.7 Å². The van der Waals surface area contributed by atoms with Crippen molar-refractivity contribution in [3.05, 3.63) is 35.7 Å². The lowest BCUT2D eigenvalue weighted by Crippen LogP contribution is -2.22. The summed E-state index contributed by atoms with van der Waals surface area (Å²) in [6.45, 7) is 3.06. The number of halogens is 3. The van der Waals surface area contributed by atoms with Gasteiger partial charge in [-0.2, -0.15) is 18.4 Å². The van der Waals surface area contributed by atoms with Crippen molar-refractivity contribution in [2.24, 2.45) is 17.6 Å². The van der Waals surface area contributed by atoms with Crippen LogP contribution >= 0.6 is 7.14 Å². The van der Waals surface area contributed by atoms with Crippen molar-refractivity contribution in [2.45, 2.75) is 43.9 Å². The molecule has 3 aromatic rings. The van der Waals surface area contributed by atoms with Crippen LogP contribution in [-0.4, -0.2) is 40.4 Å². The van der Waals surface area contributed by atoms with Gasteiger partial charge in [-0.3, -0.25) is 0 Å². The molecule has 2 heterocycles. The van der Waals surface area contributed by atoms with Crippen molar-refractivity contribution in [3.63, 3.8) is 0 Å². The zero-order valence-corrected chi connectivity index (χ0v) is 20.3. The third-order valence-corrected chi connectivity index (χ3v) is 8.76. The number of hydrogen-bond donors (Lipinski definition) is 3. The zero-order chi connectivity index (χ0) is 25.1. The summed E-state index contributed by atoms with van der Waals surface area (Å²) >= 11 is 0. The van der Waals surface area contributed by atoms with E-state index in [0.717, 1.165) is 31.9 Å². The van der Waals surface area contributed by atoms with E-state index >= 15 is 0 Å². The molecular formula is C24H26F3N6OP. The van der Waals surface area contributed by atoms with Gasteiger partial charge in [-0.1, -0.05) is 6.07 Å². The molecule has 1 aromatic carbocycles. The Morgan fingerprint density at radius 3 is 2.49 bits per heavy atom. The summed E-state index contributed by atoms with van der Waals surface area (Å²) in [7, 11) is -2.91. The van der Waals surface area contributed by atoms with Crippen LogP contribution in [-0.2, 0) is 10.7 Å². The number of fused-ring (bicyclic) bond motifs is 2. The highest BCUT2D eigenvalue weighted by atomic mass is 31.2. The van der Waals surface area contributed by atoms with Crippen LogP contribution < -0.4 is 16.4 Å². The van der Waals surface area contributed by atoms with Crippen LogP contribution in [0, 0.1) is 23.2 Å². The second-order valence-corrected chi connectivity index (χ2v) is 13.2. The molecule has 2 aliphatic rings. The first-order valence-corrected chi connectivity index (χ1v) is 14.1. The quantitative estimate of drug-likeness (QED) is 0.445. The standard InChI is InChI=1S/C24H26F3N6OP/c1-35(2,34)22-12(9-28)3-4-17-18(10-30-21(17)22)20-19(24(25,26)27)11-31-23(33-20)32-16-7-13-5-15(29)6-14(13)8-16/h3-4,10-11,13-16,30H,5-8,29H2,1-2H3,(H,31,32,33)/t13-,14+,15?,16?. The monoisotopic (exact) mass is 502 g/mol. The van der Waals surface area contributed by atoms with Gasteiger partial charge in [0.05, 0.1) is 28.1 Å². The molecule has 2 fully saturated rings. The van der Waals surface area contributed by atoms with E-state index in [1.165, 1.54) is 25.6 Å². The molecule has 5 rings (SSSR count). The maximum atomic E-state index is 13.9. The first-order chi connectivity index (χ1) is 16.5. The Morgan fingerprint density at radius 1 is 1.20 bits per heavy atom. The highest BCUT2D eigenvalue weighted by Gasteiger charge is 2.41. The fourth-order valence-electron chi connectivity index (χ4n) is 5.86. The van der Waals surface area contributed by atoms with E-state index in [0.29, 0.717) is 28.0 Å². The summed E-state index contributed by atoms with van der Waals surface area (Å²) in [5.74, 6) is 1.19. The van der Waals surface area contributed by atoms with Crippen LogP contribution in [0.3, 0.4) is 0 Å². The predicted octanol–water partition coefficient (Wildman–Crippen LogP) is 4.69. The van der Waals surface area contributed by atoms with Crippen molar-refractivity contribution < 1.29 is 17.7 Å². The van der Waals surface area contributed by atoms with Crippen LogP contribution in [0.5, 0.6) is 0 Å². The van der Waals surface area contributed by atoms with Crippen LogP contribution in [0.4, 0.5) is 19.1 Å². The molecule has 0 radical (unpaired) electrons. The van der Waals surface area contributed by atoms with Gasteiger partial charge in [-0.15, -0.1) is 0 Å². The molecule has 0 aliphatic heterocycles. The number of aromatic nitrogens is 3. The SMILES string of the molecule is CP(C)(=O)c1c(C#N)ccc2c(-c3nc(NC4C[C@H]5CC(N)C[C@H]5C4)ncc3C(F)(F)F)c[nH]c12. The van der Waals surface area contributed by atoms with Gasteiger partial charge >= 0.3 is 6.18 Å². The van der Waals surface area contributed by atoms with Crippen molar-refractivity contribution in [1.82, 2.24) is 15.0 Å². The minimum atomic E-state index is -4.67. The average Bonchev–Trinajstić information content (AvgIpc) is 3.43. The molecule has 7 nitrogen and oxygen atoms in total. The summed E-state index contributed by atoms with van der Waals surface area (Å²) < 4.78 is 54.8. The minimum absolute atomic E-state index is 0.0842. The molecule has 184 valence electrons. The summed E-state index contributed by atoms with van der Waals surface area (Å²) in [6.07, 6.45) is 1.31. The van der Waals surface area contributed by atoms with E-state index in [2.05, 4.69) is 20.3 Å². The molecule has 2 saturated carbocycles. The number of anilines is 1. The predicted molar refractivity (Wildman–Crippen MR) is 129 cm³/mol. The van der Waals surface area contributed by atoms with Gasteiger partial charge in [-0.05, 0) is 56.9 Å². The molecule has 2 aromatic heterocycles. The maximum absolute atomic E-state index is 13.9. The van der Waals surface area contributed by atoms with Crippen LogP contribution in [0.1, 0.15) is 36.8 Å². The average molecular weight is 502 g/mol. The topological polar surface area (TPSA) is 120 Å². The van der Waals surface area contributed by atoms with Crippen LogP contribution in [0.25, 0.3) is 22.2 Å². The first kappa shape index (κ1) is 23.8. The number of hydrogen-bond acceptors (Lipinski definition) is 6. The number of rotatable bonds is 4. The number of nitriles is 1. The van der Waals surface area contributed by atoms with E-state index in [-0.39, 0.29) is 34.9 Å². The van der Waals surface area contributed by atoms with E-state index in [1.807, 2.05) is 6.07 Å². The molecule has 0 bridgehead atoms. The number of benzene rings is 1. The molecule has 2 unspecified atom stereocenters. The molecule has 2 aliphatic carbocycles. The van der Waals surface area contributed by atoms with Crippen molar-refractivity contribution in [2.75, 3.05) is 18.6 Å². The smallest absolute Gasteiger partial charge is 0.360 e. The lowest BCUT2D eigenvalue weighted by Gasteiger charge is -2.17. The van der Waals surface area contributed by atoms with Crippen LogP contribution in [0.2, 0.25) is 0 Å². The number of nitrogens with zero attached hydrogens (tertiary/aromatic N) is 3. The molecule has 11 heteroatoms. The molecule has 0 saturated heterocycles. The maximum Gasteiger partial charge on any atom is 0.419 e. The highest BCUT2D eigenvalue weighted by Crippen LogP contribution is 2.45. The fraction of sp³-hybridized carbons (Fsp3) is 0.458. The Hall–Kier alpha value is -2.89. The second-order valence-electron chi connectivity index (χ2n) is 10.1. The van der Waals surface area contributed by atoms with Gasteiger partial charge in [-0.25, -0.2) is 9.97 Å². The number of nitrogens with two attached hydrogens (primary N) is 1. The Morgan fingerprint density at radius 2 is 1.89 bits per heavy atom. The molecule has 0 amide bonds. The lowest BCUT2D eigenvalue weighted by molar-refractivity contribution is -0.137. The summed E-state index contributed by atoms with van der Waals surface area (Å²) in [5.41, 5.74) is 5.67. The van der Waals surface area contributed by atoms with E-state index in [4.69, 9.17) is 5.73 Å². The van der Waals surface area contributed by atoms with E-state index in [9.17, 15) is 23.0 Å². The largest absolute Gasteiger partial charge is 0.419 e. The van der Waals surface area contributed by atoms with E-state index in [1.54, 1.807) is 6.07 Å². The van der Waals surface area contributed by atoms with Gasteiger partial charge < -0.3 is 20.6 Å². The van der Waals surface area contributed by atoms with Crippen LogP contribution in [0.15, 0.2) is 24.5 Å².